The minimum Gasteiger partial charge on any atom is -0.334 e. The van der Waals surface area contributed by atoms with E-state index in [0.29, 0.717) is 12.4 Å². The van der Waals surface area contributed by atoms with Gasteiger partial charge >= 0.3 is 6.03 Å². The van der Waals surface area contributed by atoms with E-state index in [1.165, 1.54) is 0 Å². The van der Waals surface area contributed by atoms with Crippen LogP contribution in [0.15, 0.2) is 54.7 Å². The molecule has 0 radical (unpaired) electrons. The molecule has 0 spiro atoms. The maximum atomic E-state index is 12.0. The molecule has 2 heterocycles. The molecule has 0 aliphatic heterocycles. The van der Waals surface area contributed by atoms with Crippen molar-refractivity contribution in [1.29, 1.82) is 0 Å². The van der Waals surface area contributed by atoms with E-state index >= 15 is 0 Å². The summed E-state index contributed by atoms with van der Waals surface area (Å²) in [5, 5.41) is 13.9. The number of nitrogens with zero attached hydrogens (tertiary/aromatic N) is 3. The molecular formula is C16H17N5O. The first-order valence-electron chi connectivity index (χ1n) is 7.12. The van der Waals surface area contributed by atoms with Crippen LogP contribution in [0.1, 0.15) is 24.4 Å². The summed E-state index contributed by atoms with van der Waals surface area (Å²) in [5.41, 5.74) is 1.81. The third-order valence-corrected chi connectivity index (χ3v) is 3.37. The van der Waals surface area contributed by atoms with Crippen LogP contribution < -0.4 is 10.6 Å². The molecule has 0 saturated carbocycles. The average Bonchev–Trinajstić information content (AvgIpc) is 2.98. The maximum Gasteiger partial charge on any atom is 0.315 e. The number of hydrogen-bond acceptors (Lipinski definition) is 3. The number of aromatic nitrogens is 3. The third kappa shape index (κ3) is 3.06. The zero-order valence-electron chi connectivity index (χ0n) is 12.2. The van der Waals surface area contributed by atoms with Crippen molar-refractivity contribution in [3.63, 3.8) is 0 Å². The Balaban J connectivity index is 1.61. The number of pyridine rings is 1. The van der Waals surface area contributed by atoms with Gasteiger partial charge in [-0.05, 0) is 24.6 Å². The van der Waals surface area contributed by atoms with E-state index in [4.69, 9.17) is 0 Å². The number of rotatable bonds is 4. The molecule has 0 unspecified atom stereocenters. The van der Waals surface area contributed by atoms with Crippen LogP contribution in [0.3, 0.4) is 0 Å². The average molecular weight is 295 g/mol. The Morgan fingerprint density at radius 1 is 1.14 bits per heavy atom. The highest BCUT2D eigenvalue weighted by molar-refractivity contribution is 5.74. The second-order valence-electron chi connectivity index (χ2n) is 5.02. The van der Waals surface area contributed by atoms with E-state index in [-0.39, 0.29) is 12.1 Å². The van der Waals surface area contributed by atoms with Crippen molar-refractivity contribution in [2.45, 2.75) is 19.5 Å². The Labute approximate surface area is 128 Å². The van der Waals surface area contributed by atoms with Crippen molar-refractivity contribution >= 4 is 11.7 Å². The van der Waals surface area contributed by atoms with Crippen molar-refractivity contribution in [2.75, 3.05) is 0 Å². The van der Waals surface area contributed by atoms with Gasteiger partial charge in [-0.3, -0.25) is 4.40 Å². The highest BCUT2D eigenvalue weighted by Crippen LogP contribution is 2.11. The van der Waals surface area contributed by atoms with E-state index in [1.54, 1.807) is 0 Å². The number of benzene rings is 1. The van der Waals surface area contributed by atoms with Crippen molar-refractivity contribution < 1.29 is 4.79 Å². The number of hydrogen-bond donors (Lipinski definition) is 2. The van der Waals surface area contributed by atoms with E-state index in [1.807, 2.05) is 66.1 Å². The molecule has 2 N–H and O–H groups in total. The molecule has 0 aliphatic rings. The van der Waals surface area contributed by atoms with Crippen LogP contribution in [0.2, 0.25) is 0 Å². The Hall–Kier alpha value is -2.89. The number of nitrogens with one attached hydrogen (secondary N) is 2. The molecule has 112 valence electrons. The summed E-state index contributed by atoms with van der Waals surface area (Å²) in [7, 11) is 0. The smallest absolute Gasteiger partial charge is 0.315 e. The van der Waals surface area contributed by atoms with E-state index in [0.717, 1.165) is 11.2 Å². The molecular weight excluding hydrogens is 278 g/mol. The molecule has 6 nitrogen and oxygen atoms in total. The Morgan fingerprint density at radius 3 is 2.73 bits per heavy atom. The summed E-state index contributed by atoms with van der Waals surface area (Å²) in [6, 6.07) is 15.0. The zero-order chi connectivity index (χ0) is 15.4. The van der Waals surface area contributed by atoms with Crippen molar-refractivity contribution in [3.05, 3.63) is 66.1 Å². The first kappa shape index (κ1) is 14.1. The second-order valence-corrected chi connectivity index (χ2v) is 5.02. The highest BCUT2D eigenvalue weighted by atomic mass is 16.2. The first-order valence-corrected chi connectivity index (χ1v) is 7.12. The SMILES string of the molecule is C[C@@H](NC(=O)NCc1ccccc1)c1nnc2ccccn12. The summed E-state index contributed by atoms with van der Waals surface area (Å²) in [6.45, 7) is 2.37. The number of urea groups is 1. The lowest BCUT2D eigenvalue weighted by molar-refractivity contribution is 0.237. The summed E-state index contributed by atoms with van der Waals surface area (Å²) < 4.78 is 1.86. The predicted molar refractivity (Wildman–Crippen MR) is 83.2 cm³/mol. The van der Waals surface area contributed by atoms with Gasteiger partial charge in [-0.1, -0.05) is 36.4 Å². The van der Waals surface area contributed by atoms with Gasteiger partial charge in [-0.2, -0.15) is 0 Å². The number of amides is 2. The molecule has 2 amide bonds. The molecule has 0 bridgehead atoms. The number of fused-ring (bicyclic) bond motifs is 1. The van der Waals surface area contributed by atoms with Crippen LogP contribution in [0.5, 0.6) is 0 Å². The number of carbonyl (C=O) groups excluding carboxylic acids is 1. The Bertz CT molecular complexity index is 768. The fourth-order valence-corrected chi connectivity index (χ4v) is 2.25. The molecule has 3 rings (SSSR count). The van der Waals surface area contributed by atoms with Gasteiger partial charge in [0.1, 0.15) is 0 Å². The Morgan fingerprint density at radius 2 is 1.91 bits per heavy atom. The highest BCUT2D eigenvalue weighted by Gasteiger charge is 2.15. The first-order chi connectivity index (χ1) is 10.7. The van der Waals surface area contributed by atoms with Gasteiger partial charge in [0, 0.05) is 12.7 Å². The molecule has 1 aromatic carbocycles. The van der Waals surface area contributed by atoms with Gasteiger partial charge in [0.05, 0.1) is 6.04 Å². The van der Waals surface area contributed by atoms with Crippen LogP contribution in [0, 0.1) is 0 Å². The molecule has 3 aromatic rings. The minimum absolute atomic E-state index is 0.232. The minimum atomic E-state index is -0.242. The van der Waals surface area contributed by atoms with E-state index in [9.17, 15) is 4.79 Å². The Kier molecular flexibility index (Phi) is 4.00. The van der Waals surface area contributed by atoms with Gasteiger partial charge in [0.25, 0.3) is 0 Å². The summed E-state index contributed by atoms with van der Waals surface area (Å²) in [5.74, 6) is 0.700. The lowest BCUT2D eigenvalue weighted by Gasteiger charge is -2.13. The fourth-order valence-electron chi connectivity index (χ4n) is 2.25. The summed E-state index contributed by atoms with van der Waals surface area (Å²) in [4.78, 5) is 12.0. The van der Waals surface area contributed by atoms with Crippen LogP contribution in [0.25, 0.3) is 5.65 Å². The van der Waals surface area contributed by atoms with Gasteiger partial charge in [0.15, 0.2) is 11.5 Å². The second kappa shape index (κ2) is 6.26. The monoisotopic (exact) mass is 295 g/mol. The number of carbonyl (C=O) groups is 1. The van der Waals surface area contributed by atoms with E-state index in [2.05, 4.69) is 20.8 Å². The molecule has 0 saturated heterocycles. The van der Waals surface area contributed by atoms with Crippen LogP contribution in [-0.2, 0) is 6.54 Å². The quantitative estimate of drug-likeness (QED) is 0.775. The zero-order valence-corrected chi connectivity index (χ0v) is 12.2. The largest absolute Gasteiger partial charge is 0.334 e. The summed E-state index contributed by atoms with van der Waals surface area (Å²) in [6.07, 6.45) is 1.88. The van der Waals surface area contributed by atoms with Gasteiger partial charge in [-0.25, -0.2) is 4.79 Å². The molecule has 22 heavy (non-hydrogen) atoms. The standard InChI is InChI=1S/C16H17N5O/c1-12(15-20-19-14-9-5-6-10-21(14)15)18-16(22)17-11-13-7-3-2-4-8-13/h2-10,12H,11H2,1H3,(H2,17,18,22)/t12-/m1/s1. The van der Waals surface area contributed by atoms with E-state index < -0.39 is 0 Å². The van der Waals surface area contributed by atoms with Crippen molar-refractivity contribution in [2.24, 2.45) is 0 Å². The fraction of sp³-hybridized carbons (Fsp3) is 0.188. The van der Waals surface area contributed by atoms with Crippen LogP contribution >= 0.6 is 0 Å². The van der Waals surface area contributed by atoms with Crippen LogP contribution in [0.4, 0.5) is 4.79 Å². The molecule has 0 aliphatic carbocycles. The van der Waals surface area contributed by atoms with Crippen molar-refractivity contribution in [1.82, 2.24) is 25.2 Å². The molecule has 1 atom stereocenters. The maximum absolute atomic E-state index is 12.0. The lowest BCUT2D eigenvalue weighted by Crippen LogP contribution is -2.37. The molecule has 0 fully saturated rings. The van der Waals surface area contributed by atoms with Gasteiger partial charge in [0.2, 0.25) is 0 Å². The van der Waals surface area contributed by atoms with Gasteiger partial charge < -0.3 is 10.6 Å². The topological polar surface area (TPSA) is 71.3 Å². The lowest BCUT2D eigenvalue weighted by atomic mass is 10.2. The predicted octanol–water partition coefficient (Wildman–Crippen LogP) is 2.29. The molecule has 2 aromatic heterocycles. The third-order valence-electron chi connectivity index (χ3n) is 3.37. The van der Waals surface area contributed by atoms with Gasteiger partial charge in [-0.15, -0.1) is 10.2 Å². The normalized spacial score (nSPS) is 12.0. The van der Waals surface area contributed by atoms with Crippen LogP contribution in [-0.4, -0.2) is 20.6 Å². The molecule has 6 heteroatoms. The van der Waals surface area contributed by atoms with Crippen molar-refractivity contribution in [3.8, 4) is 0 Å². The summed E-state index contributed by atoms with van der Waals surface area (Å²) >= 11 is 0.